The molecule has 0 aliphatic carbocycles. The fourth-order valence-corrected chi connectivity index (χ4v) is 2.41. The number of halogens is 2. The molecule has 2 aromatic carbocycles. The molecule has 0 fully saturated rings. The maximum atomic E-state index is 13.7. The van der Waals surface area contributed by atoms with E-state index in [9.17, 15) is 14.5 Å². The van der Waals surface area contributed by atoms with E-state index in [1.54, 1.807) is 18.2 Å². The fourth-order valence-electron chi connectivity index (χ4n) is 1.98. The SMILES string of the molecule is O=[N+]([O-])c1c(F)cc(Br)cc1Nc1ccc2c(c1)OCO2. The van der Waals surface area contributed by atoms with E-state index in [1.807, 2.05) is 0 Å². The average molecular weight is 355 g/mol. The molecule has 0 radical (unpaired) electrons. The van der Waals surface area contributed by atoms with Crippen LogP contribution in [0.25, 0.3) is 0 Å². The monoisotopic (exact) mass is 354 g/mol. The Bertz CT molecular complexity index is 738. The van der Waals surface area contributed by atoms with Crippen LogP contribution in [-0.2, 0) is 0 Å². The van der Waals surface area contributed by atoms with E-state index in [0.29, 0.717) is 21.7 Å². The third kappa shape index (κ3) is 2.62. The lowest BCUT2D eigenvalue weighted by molar-refractivity contribution is -0.386. The Hall–Kier alpha value is -2.35. The van der Waals surface area contributed by atoms with Gasteiger partial charge in [0, 0.05) is 16.2 Å². The second kappa shape index (κ2) is 5.21. The van der Waals surface area contributed by atoms with Crippen LogP contribution in [0.1, 0.15) is 0 Å². The van der Waals surface area contributed by atoms with Gasteiger partial charge in [0.05, 0.1) is 4.92 Å². The maximum absolute atomic E-state index is 13.7. The lowest BCUT2D eigenvalue weighted by Crippen LogP contribution is -2.00. The number of ether oxygens (including phenoxy) is 2. The summed E-state index contributed by atoms with van der Waals surface area (Å²) >= 11 is 3.11. The minimum atomic E-state index is -0.919. The van der Waals surface area contributed by atoms with Crippen LogP contribution in [-0.4, -0.2) is 11.7 Å². The highest BCUT2D eigenvalue weighted by atomic mass is 79.9. The molecule has 1 N–H and O–H groups in total. The van der Waals surface area contributed by atoms with E-state index in [1.165, 1.54) is 6.07 Å². The summed E-state index contributed by atoms with van der Waals surface area (Å²) in [6, 6.07) is 7.44. The van der Waals surface area contributed by atoms with Gasteiger partial charge in [-0.25, -0.2) is 0 Å². The van der Waals surface area contributed by atoms with Crippen LogP contribution < -0.4 is 14.8 Å². The topological polar surface area (TPSA) is 73.6 Å². The minimum Gasteiger partial charge on any atom is -0.454 e. The quantitative estimate of drug-likeness (QED) is 0.666. The number of benzene rings is 2. The van der Waals surface area contributed by atoms with Crippen LogP contribution >= 0.6 is 15.9 Å². The third-order valence-electron chi connectivity index (χ3n) is 2.86. The number of anilines is 2. The van der Waals surface area contributed by atoms with Crippen molar-refractivity contribution < 1.29 is 18.8 Å². The van der Waals surface area contributed by atoms with Crippen molar-refractivity contribution in [3.05, 3.63) is 50.7 Å². The molecule has 0 aromatic heterocycles. The molecule has 8 heteroatoms. The third-order valence-corrected chi connectivity index (χ3v) is 3.32. The average Bonchev–Trinajstić information content (AvgIpc) is 2.84. The molecule has 6 nitrogen and oxygen atoms in total. The molecule has 21 heavy (non-hydrogen) atoms. The van der Waals surface area contributed by atoms with E-state index in [-0.39, 0.29) is 12.5 Å². The van der Waals surface area contributed by atoms with Crippen LogP contribution in [0, 0.1) is 15.9 Å². The van der Waals surface area contributed by atoms with Crippen LogP contribution in [0.2, 0.25) is 0 Å². The Labute approximate surface area is 126 Å². The molecule has 1 heterocycles. The number of nitro groups is 1. The standard InChI is InChI=1S/C13H8BrFN2O4/c14-7-3-9(15)13(17(18)19)10(4-7)16-8-1-2-11-12(5-8)21-6-20-11/h1-5,16H,6H2. The van der Waals surface area contributed by atoms with Crippen LogP contribution in [0.4, 0.5) is 21.5 Å². The molecular formula is C13H8BrFN2O4. The molecule has 0 amide bonds. The summed E-state index contributed by atoms with van der Waals surface area (Å²) in [5.41, 5.74) is -0.0403. The molecule has 2 aromatic rings. The lowest BCUT2D eigenvalue weighted by atomic mass is 10.2. The van der Waals surface area contributed by atoms with Gasteiger partial charge in [0.1, 0.15) is 5.69 Å². The number of hydrogen-bond acceptors (Lipinski definition) is 5. The number of fused-ring (bicyclic) bond motifs is 1. The van der Waals surface area contributed by atoms with Gasteiger partial charge in [0.2, 0.25) is 12.6 Å². The number of nitro benzene ring substituents is 1. The molecule has 1 aliphatic rings. The van der Waals surface area contributed by atoms with Crippen molar-refractivity contribution in [3.8, 4) is 11.5 Å². The van der Waals surface area contributed by atoms with Crippen molar-refractivity contribution in [3.63, 3.8) is 0 Å². The van der Waals surface area contributed by atoms with Gasteiger partial charge in [0.25, 0.3) is 0 Å². The number of nitrogens with zero attached hydrogens (tertiary/aromatic N) is 1. The first kappa shape index (κ1) is 13.6. The van der Waals surface area contributed by atoms with Gasteiger partial charge in [-0.1, -0.05) is 15.9 Å². The van der Waals surface area contributed by atoms with Crippen molar-refractivity contribution in [2.24, 2.45) is 0 Å². The van der Waals surface area contributed by atoms with Gasteiger partial charge in [0.15, 0.2) is 11.5 Å². The summed E-state index contributed by atoms with van der Waals surface area (Å²) < 4.78 is 24.5. The Morgan fingerprint density at radius 2 is 2.00 bits per heavy atom. The number of hydrogen-bond donors (Lipinski definition) is 1. The summed E-state index contributed by atoms with van der Waals surface area (Å²) in [5, 5.41) is 13.8. The van der Waals surface area contributed by atoms with Gasteiger partial charge in [-0.2, -0.15) is 4.39 Å². The minimum absolute atomic E-state index is 0.0470. The maximum Gasteiger partial charge on any atom is 0.328 e. The second-order valence-corrected chi connectivity index (χ2v) is 5.15. The van der Waals surface area contributed by atoms with E-state index in [0.717, 1.165) is 6.07 Å². The smallest absolute Gasteiger partial charge is 0.328 e. The van der Waals surface area contributed by atoms with Crippen LogP contribution in [0.5, 0.6) is 11.5 Å². The van der Waals surface area contributed by atoms with Gasteiger partial charge < -0.3 is 14.8 Å². The Balaban J connectivity index is 1.99. The van der Waals surface area contributed by atoms with Crippen molar-refractivity contribution in [1.82, 2.24) is 0 Å². The predicted molar refractivity (Wildman–Crippen MR) is 76.6 cm³/mol. The fraction of sp³-hybridized carbons (Fsp3) is 0.0769. The largest absolute Gasteiger partial charge is 0.454 e. The molecule has 0 saturated heterocycles. The molecule has 0 spiro atoms. The molecule has 0 saturated carbocycles. The van der Waals surface area contributed by atoms with Crippen molar-refractivity contribution in [2.75, 3.05) is 12.1 Å². The highest BCUT2D eigenvalue weighted by Gasteiger charge is 2.22. The summed E-state index contributed by atoms with van der Waals surface area (Å²) in [6.07, 6.45) is 0. The molecule has 3 rings (SSSR count). The number of nitrogens with one attached hydrogen (secondary N) is 1. The lowest BCUT2D eigenvalue weighted by Gasteiger charge is -2.09. The highest BCUT2D eigenvalue weighted by Crippen LogP contribution is 2.38. The van der Waals surface area contributed by atoms with Crippen LogP contribution in [0.3, 0.4) is 0 Å². The van der Waals surface area contributed by atoms with Crippen molar-refractivity contribution in [1.29, 1.82) is 0 Å². The van der Waals surface area contributed by atoms with E-state index in [4.69, 9.17) is 9.47 Å². The summed E-state index contributed by atoms with van der Waals surface area (Å²) in [4.78, 5) is 10.2. The zero-order valence-electron chi connectivity index (χ0n) is 10.4. The Kier molecular flexibility index (Phi) is 3.38. The predicted octanol–water partition coefficient (Wildman–Crippen LogP) is 3.97. The van der Waals surface area contributed by atoms with Crippen molar-refractivity contribution >= 4 is 33.0 Å². The first-order chi connectivity index (χ1) is 10.0. The molecule has 1 aliphatic heterocycles. The first-order valence-electron chi connectivity index (χ1n) is 5.85. The van der Waals surface area contributed by atoms with Gasteiger partial charge in [-0.05, 0) is 24.3 Å². The van der Waals surface area contributed by atoms with Crippen LogP contribution in [0.15, 0.2) is 34.8 Å². The van der Waals surface area contributed by atoms with Gasteiger partial charge in [-0.15, -0.1) is 0 Å². The molecular weight excluding hydrogens is 347 g/mol. The van der Waals surface area contributed by atoms with E-state index in [2.05, 4.69) is 21.2 Å². The van der Waals surface area contributed by atoms with E-state index < -0.39 is 16.4 Å². The number of rotatable bonds is 3. The molecule has 0 bridgehead atoms. The second-order valence-electron chi connectivity index (χ2n) is 4.23. The Morgan fingerprint density at radius 3 is 2.76 bits per heavy atom. The highest BCUT2D eigenvalue weighted by molar-refractivity contribution is 9.10. The molecule has 0 atom stereocenters. The van der Waals surface area contributed by atoms with Crippen molar-refractivity contribution in [2.45, 2.75) is 0 Å². The first-order valence-corrected chi connectivity index (χ1v) is 6.64. The zero-order valence-corrected chi connectivity index (χ0v) is 12.0. The molecule has 0 unspecified atom stereocenters. The van der Waals surface area contributed by atoms with E-state index >= 15 is 0 Å². The Morgan fingerprint density at radius 1 is 1.24 bits per heavy atom. The van der Waals surface area contributed by atoms with Gasteiger partial charge in [-0.3, -0.25) is 10.1 Å². The molecule has 108 valence electrons. The summed E-state index contributed by atoms with van der Waals surface area (Å²) in [7, 11) is 0. The summed E-state index contributed by atoms with van der Waals surface area (Å²) in [5.74, 6) is 0.200. The normalized spacial score (nSPS) is 12.3. The summed E-state index contributed by atoms with van der Waals surface area (Å²) in [6.45, 7) is 0.129. The van der Waals surface area contributed by atoms with Gasteiger partial charge >= 0.3 is 5.69 Å². The zero-order chi connectivity index (χ0) is 15.0.